The Kier molecular flexibility index (Phi) is 8.21. The van der Waals surface area contributed by atoms with Gasteiger partial charge < -0.3 is 9.84 Å². The lowest BCUT2D eigenvalue weighted by Crippen LogP contribution is -2.33. The molecule has 1 N–H and O–H groups in total. The van der Waals surface area contributed by atoms with Crippen molar-refractivity contribution in [2.45, 2.75) is 44.7 Å². The minimum Gasteiger partial charge on any atom is -0.489 e. The molecule has 1 saturated heterocycles. The van der Waals surface area contributed by atoms with Crippen LogP contribution in [0.5, 0.6) is 5.75 Å². The van der Waals surface area contributed by atoms with E-state index in [-0.39, 0.29) is 61.5 Å². The Morgan fingerprint density at radius 2 is 1.83 bits per heavy atom. The van der Waals surface area contributed by atoms with Crippen molar-refractivity contribution in [2.75, 3.05) is 19.7 Å². The average molecular weight is 521 g/mol. The van der Waals surface area contributed by atoms with Crippen molar-refractivity contribution < 1.29 is 33.0 Å². The van der Waals surface area contributed by atoms with E-state index in [4.69, 9.17) is 16.3 Å². The van der Waals surface area contributed by atoms with Crippen LogP contribution >= 0.6 is 11.6 Å². The third kappa shape index (κ3) is 6.59. The molecule has 2 aromatic carbocycles. The first kappa shape index (κ1) is 26.0. The summed E-state index contributed by atoms with van der Waals surface area (Å²) in [6.45, 7) is 0.888. The van der Waals surface area contributed by atoms with E-state index >= 15 is 0 Å². The van der Waals surface area contributed by atoms with Crippen molar-refractivity contribution in [3.05, 3.63) is 64.2 Å². The quantitative estimate of drug-likeness (QED) is 0.412. The molecule has 2 aliphatic rings. The van der Waals surface area contributed by atoms with Gasteiger partial charge in [-0.3, -0.25) is 24.2 Å². The van der Waals surface area contributed by atoms with Crippen molar-refractivity contribution in [2.24, 2.45) is 5.92 Å². The maximum Gasteiger partial charge on any atom is 0.305 e. The Bertz CT molecular complexity index is 1140. The minimum absolute atomic E-state index is 0.00607. The molecule has 0 aromatic heterocycles. The normalized spacial score (nSPS) is 16.6. The van der Waals surface area contributed by atoms with Crippen molar-refractivity contribution >= 4 is 29.4 Å². The molecule has 4 rings (SSSR count). The fourth-order valence-corrected chi connectivity index (χ4v) is 4.51. The van der Waals surface area contributed by atoms with Crippen LogP contribution in [0.3, 0.4) is 0 Å². The summed E-state index contributed by atoms with van der Waals surface area (Å²) in [5, 5.41) is 9.50. The van der Waals surface area contributed by atoms with Gasteiger partial charge in [0.1, 0.15) is 12.4 Å². The summed E-state index contributed by atoms with van der Waals surface area (Å²) in [6.07, 6.45) is 2.17. The maximum absolute atomic E-state index is 14.8. The highest BCUT2D eigenvalue weighted by Gasteiger charge is 2.31. The lowest BCUT2D eigenvalue weighted by Gasteiger charge is -2.31. The zero-order valence-corrected chi connectivity index (χ0v) is 20.3. The summed E-state index contributed by atoms with van der Waals surface area (Å²) in [6, 6.07) is 8.14. The highest BCUT2D eigenvalue weighted by atomic mass is 35.5. The number of rotatable bonds is 12. The number of benzene rings is 2. The Labute approximate surface area is 212 Å². The van der Waals surface area contributed by atoms with E-state index in [1.165, 1.54) is 24.3 Å². The van der Waals surface area contributed by atoms with E-state index in [0.717, 1.165) is 17.7 Å². The predicted octanol–water partition coefficient (Wildman–Crippen LogP) is 4.57. The van der Waals surface area contributed by atoms with Crippen LogP contribution in [-0.2, 0) is 20.9 Å². The molecular formula is C26H27ClF2N2O5. The topological polar surface area (TPSA) is 87.2 Å². The van der Waals surface area contributed by atoms with Gasteiger partial charge in [-0.2, -0.15) is 0 Å². The summed E-state index contributed by atoms with van der Waals surface area (Å²) in [5.41, 5.74) is 1.10. The van der Waals surface area contributed by atoms with Crippen LogP contribution < -0.4 is 4.74 Å². The van der Waals surface area contributed by atoms with Gasteiger partial charge in [-0.05, 0) is 54.2 Å². The van der Waals surface area contributed by atoms with Gasteiger partial charge in [0.2, 0.25) is 11.8 Å². The zero-order valence-electron chi connectivity index (χ0n) is 19.6. The second kappa shape index (κ2) is 11.3. The second-order valence-electron chi connectivity index (χ2n) is 9.21. The molecule has 10 heteroatoms. The number of hydrogen-bond acceptors (Lipinski definition) is 5. The fraction of sp³-hybridized carbons (Fsp3) is 0.423. The number of halogens is 3. The fourth-order valence-electron chi connectivity index (χ4n) is 4.39. The number of carboxylic acids is 1. The first-order valence-electron chi connectivity index (χ1n) is 11.9. The van der Waals surface area contributed by atoms with Crippen LogP contribution in [0.2, 0.25) is 5.02 Å². The summed E-state index contributed by atoms with van der Waals surface area (Å²) in [5.74, 6) is -2.37. The number of imide groups is 1. The number of ether oxygens (including phenoxy) is 1. The maximum atomic E-state index is 14.8. The number of carboxylic acid groups (broad SMARTS) is 1. The predicted molar refractivity (Wildman–Crippen MR) is 127 cm³/mol. The lowest BCUT2D eigenvalue weighted by atomic mass is 10.00. The third-order valence-electron chi connectivity index (χ3n) is 6.44. The number of amides is 2. The molecule has 2 fully saturated rings. The molecule has 0 spiro atoms. The van der Waals surface area contributed by atoms with Crippen molar-refractivity contribution in [3.8, 4) is 5.75 Å². The molecule has 1 aliphatic carbocycles. The van der Waals surface area contributed by atoms with Crippen molar-refractivity contribution in [1.82, 2.24) is 9.80 Å². The lowest BCUT2D eigenvalue weighted by molar-refractivity contribution is -0.140. The van der Waals surface area contributed by atoms with Crippen LogP contribution in [0.4, 0.5) is 8.78 Å². The van der Waals surface area contributed by atoms with E-state index in [1.807, 2.05) is 4.90 Å². The highest BCUT2D eigenvalue weighted by Crippen LogP contribution is 2.36. The molecule has 1 aliphatic heterocycles. The summed E-state index contributed by atoms with van der Waals surface area (Å²) >= 11 is 5.82. The molecule has 7 nitrogen and oxygen atoms in total. The molecule has 1 saturated carbocycles. The van der Waals surface area contributed by atoms with Crippen LogP contribution in [0.15, 0.2) is 36.4 Å². The molecule has 0 unspecified atom stereocenters. The molecule has 1 heterocycles. The summed E-state index contributed by atoms with van der Waals surface area (Å²) in [7, 11) is 0. The smallest absolute Gasteiger partial charge is 0.305 e. The van der Waals surface area contributed by atoms with E-state index in [9.17, 15) is 28.3 Å². The van der Waals surface area contributed by atoms with E-state index in [2.05, 4.69) is 0 Å². The molecule has 36 heavy (non-hydrogen) atoms. The highest BCUT2D eigenvalue weighted by molar-refractivity contribution is 6.30. The number of likely N-dealkylation sites (tertiary alicyclic amines) is 1. The number of carbonyl (C=O) groups is 3. The number of nitrogens with zero attached hydrogens (tertiary/aromatic N) is 2. The molecule has 2 amide bonds. The van der Waals surface area contributed by atoms with Crippen LogP contribution in [-0.4, -0.2) is 52.4 Å². The minimum atomic E-state index is -1.03. The van der Waals surface area contributed by atoms with Crippen LogP contribution in [0, 0.1) is 17.6 Å². The van der Waals surface area contributed by atoms with Gasteiger partial charge in [0.25, 0.3) is 0 Å². The van der Waals surface area contributed by atoms with E-state index in [1.54, 1.807) is 12.1 Å². The van der Waals surface area contributed by atoms with Crippen molar-refractivity contribution in [3.63, 3.8) is 0 Å². The summed E-state index contributed by atoms with van der Waals surface area (Å²) in [4.78, 5) is 38.1. The molecule has 2 aromatic rings. The molecule has 0 bridgehead atoms. The van der Waals surface area contributed by atoms with E-state index < -0.39 is 23.6 Å². The van der Waals surface area contributed by atoms with Gasteiger partial charge in [0.05, 0.1) is 18.0 Å². The molecule has 1 atom stereocenters. The Balaban J connectivity index is 1.47. The van der Waals surface area contributed by atoms with Gasteiger partial charge >= 0.3 is 5.97 Å². The Hall–Kier alpha value is -3.04. The van der Waals surface area contributed by atoms with Crippen molar-refractivity contribution in [1.29, 1.82) is 0 Å². The third-order valence-corrected chi connectivity index (χ3v) is 6.74. The first-order valence-corrected chi connectivity index (χ1v) is 12.2. The SMILES string of the molecule is O=C(O)C[C@@H](c1ccc(Cl)c(F)c1)N(Cc1ccc(OCCN2C(=O)CCC2=O)c(F)c1)CC1CC1. The molecule has 192 valence electrons. The molecule has 0 radical (unpaired) electrons. The Morgan fingerprint density at radius 1 is 1.11 bits per heavy atom. The number of carbonyl (C=O) groups excluding carboxylic acids is 2. The van der Waals surface area contributed by atoms with Gasteiger partial charge in [0.15, 0.2) is 11.6 Å². The van der Waals surface area contributed by atoms with Gasteiger partial charge in [-0.15, -0.1) is 0 Å². The first-order chi connectivity index (χ1) is 17.2. The molecular weight excluding hydrogens is 494 g/mol. The average Bonchev–Trinajstić information content (AvgIpc) is 3.59. The Morgan fingerprint density at radius 3 is 2.44 bits per heavy atom. The number of aliphatic carboxylic acids is 1. The van der Waals surface area contributed by atoms with E-state index in [0.29, 0.717) is 23.6 Å². The monoisotopic (exact) mass is 520 g/mol. The summed E-state index contributed by atoms with van der Waals surface area (Å²) < 4.78 is 34.4. The van der Waals surface area contributed by atoms with Gasteiger partial charge in [-0.25, -0.2) is 8.78 Å². The van der Waals surface area contributed by atoms with Gasteiger partial charge in [-0.1, -0.05) is 23.7 Å². The largest absolute Gasteiger partial charge is 0.489 e. The van der Waals surface area contributed by atoms with Crippen LogP contribution in [0.1, 0.15) is 49.3 Å². The standard InChI is InChI=1S/C26H27ClF2N2O5/c27-19-5-4-18(12-20(19)28)22(13-26(34)35)30(14-16-1-2-16)15-17-3-6-23(21(29)11-17)36-10-9-31-24(32)7-8-25(31)33/h3-6,11-12,16,22H,1-2,7-10,13-15H2,(H,34,35)/t22-/m0/s1. The second-order valence-corrected chi connectivity index (χ2v) is 9.62. The van der Waals surface area contributed by atoms with Crippen LogP contribution in [0.25, 0.3) is 0 Å². The number of hydrogen-bond donors (Lipinski definition) is 1. The van der Waals surface area contributed by atoms with Gasteiger partial charge in [0, 0.05) is 32.0 Å². The zero-order chi connectivity index (χ0) is 25.8.